The molecule has 0 aliphatic rings. The summed E-state index contributed by atoms with van der Waals surface area (Å²) in [4.78, 5) is 6.61. The number of halogens is 1. The van der Waals surface area contributed by atoms with Gasteiger partial charge in [-0.2, -0.15) is 0 Å². The molecule has 0 bridgehead atoms. The van der Waals surface area contributed by atoms with Gasteiger partial charge in [0.15, 0.2) is 5.11 Å². The molecule has 0 aliphatic carbocycles. The molecule has 0 saturated carbocycles. The van der Waals surface area contributed by atoms with Crippen molar-refractivity contribution in [2.24, 2.45) is 0 Å². The van der Waals surface area contributed by atoms with Crippen LogP contribution in [0.15, 0.2) is 42.5 Å². The number of nitrogens with zero attached hydrogens (tertiary/aromatic N) is 2. The highest BCUT2D eigenvalue weighted by molar-refractivity contribution is 7.80. The third-order valence-corrected chi connectivity index (χ3v) is 5.32. The van der Waals surface area contributed by atoms with Crippen LogP contribution in [0.25, 0.3) is 10.2 Å². The molecule has 2 aromatic carbocycles. The first-order chi connectivity index (χ1) is 11.0. The third-order valence-electron chi connectivity index (χ3n) is 3.48. The normalized spacial score (nSPS) is 10.7. The Labute approximate surface area is 149 Å². The number of thiocarbonyl (C=S) groups is 1. The van der Waals surface area contributed by atoms with E-state index in [0.717, 1.165) is 26.8 Å². The number of benzene rings is 2. The van der Waals surface area contributed by atoms with Crippen LogP contribution in [0.3, 0.4) is 0 Å². The molecule has 3 aromatic rings. The smallest absolute Gasteiger partial charge is 0.173 e. The van der Waals surface area contributed by atoms with Crippen LogP contribution in [0.1, 0.15) is 10.6 Å². The van der Waals surface area contributed by atoms with Gasteiger partial charge < -0.3 is 10.2 Å². The molecule has 0 saturated heterocycles. The summed E-state index contributed by atoms with van der Waals surface area (Å²) in [6.07, 6.45) is 0. The fraction of sp³-hybridized carbons (Fsp3) is 0.176. The molecule has 23 heavy (non-hydrogen) atoms. The van der Waals surface area contributed by atoms with Crippen molar-refractivity contribution in [2.75, 3.05) is 12.4 Å². The maximum absolute atomic E-state index is 6.15. The predicted octanol–water partition coefficient (Wildman–Crippen LogP) is 5.09. The average Bonchev–Trinajstić information content (AvgIpc) is 2.93. The molecule has 0 amide bonds. The Morgan fingerprint density at radius 1 is 1.30 bits per heavy atom. The summed E-state index contributed by atoms with van der Waals surface area (Å²) in [7, 11) is 1.96. The summed E-state index contributed by atoms with van der Waals surface area (Å²) in [6.45, 7) is 2.65. The van der Waals surface area contributed by atoms with Gasteiger partial charge in [0.05, 0.1) is 16.8 Å². The van der Waals surface area contributed by atoms with Crippen molar-refractivity contribution in [1.29, 1.82) is 0 Å². The van der Waals surface area contributed by atoms with E-state index in [1.165, 1.54) is 4.70 Å². The molecule has 1 N–H and O–H groups in total. The first-order valence-electron chi connectivity index (χ1n) is 7.15. The van der Waals surface area contributed by atoms with E-state index in [1.54, 1.807) is 11.3 Å². The fourth-order valence-electron chi connectivity index (χ4n) is 2.15. The van der Waals surface area contributed by atoms with E-state index >= 15 is 0 Å². The number of anilines is 1. The molecule has 0 radical (unpaired) electrons. The van der Waals surface area contributed by atoms with Gasteiger partial charge in [0.2, 0.25) is 0 Å². The first-order valence-corrected chi connectivity index (χ1v) is 8.76. The molecule has 1 aromatic heterocycles. The van der Waals surface area contributed by atoms with E-state index in [1.807, 2.05) is 55.3 Å². The minimum Gasteiger partial charge on any atom is -0.345 e. The molecule has 3 nitrogen and oxygen atoms in total. The fourth-order valence-corrected chi connectivity index (χ4v) is 3.54. The Morgan fingerprint density at radius 3 is 2.83 bits per heavy atom. The zero-order chi connectivity index (χ0) is 16.4. The lowest BCUT2D eigenvalue weighted by atomic mass is 10.2. The number of aromatic nitrogens is 1. The van der Waals surface area contributed by atoms with E-state index in [2.05, 4.69) is 16.4 Å². The number of fused-ring (bicyclic) bond motifs is 1. The molecule has 0 aliphatic heterocycles. The number of nitrogens with one attached hydrogen (secondary N) is 1. The monoisotopic (exact) mass is 361 g/mol. The molecule has 6 heteroatoms. The van der Waals surface area contributed by atoms with E-state index in [0.29, 0.717) is 11.7 Å². The maximum atomic E-state index is 6.15. The Bertz CT molecular complexity index is 827. The van der Waals surface area contributed by atoms with Crippen LogP contribution in [0.5, 0.6) is 0 Å². The van der Waals surface area contributed by atoms with Crippen LogP contribution in [-0.2, 0) is 6.54 Å². The van der Waals surface area contributed by atoms with Gasteiger partial charge in [0.1, 0.15) is 5.01 Å². The van der Waals surface area contributed by atoms with E-state index < -0.39 is 0 Å². The third kappa shape index (κ3) is 3.80. The lowest BCUT2D eigenvalue weighted by molar-refractivity contribution is 0.507. The van der Waals surface area contributed by atoms with E-state index in [-0.39, 0.29) is 0 Å². The van der Waals surface area contributed by atoms with Gasteiger partial charge in [-0.1, -0.05) is 29.8 Å². The second-order valence-electron chi connectivity index (χ2n) is 5.33. The van der Waals surface area contributed by atoms with Crippen molar-refractivity contribution < 1.29 is 0 Å². The molecule has 118 valence electrons. The number of aryl methyl sites for hydroxylation is 1. The largest absolute Gasteiger partial charge is 0.345 e. The topological polar surface area (TPSA) is 28.2 Å². The SMILES string of the molecule is Cc1ccc(NC(=S)N(C)Cc2nc3ccccc3s2)cc1Cl. The Kier molecular flexibility index (Phi) is 4.80. The summed E-state index contributed by atoms with van der Waals surface area (Å²) >= 11 is 13.3. The zero-order valence-electron chi connectivity index (χ0n) is 12.8. The van der Waals surface area contributed by atoms with E-state index in [4.69, 9.17) is 23.8 Å². The summed E-state index contributed by atoms with van der Waals surface area (Å²) < 4.78 is 1.19. The number of hydrogen-bond acceptors (Lipinski definition) is 3. The molecular weight excluding hydrogens is 346 g/mol. The van der Waals surface area contributed by atoms with Crippen molar-refractivity contribution in [3.05, 3.63) is 58.1 Å². The van der Waals surface area contributed by atoms with Gasteiger partial charge in [0.25, 0.3) is 0 Å². The molecule has 0 atom stereocenters. The number of para-hydroxylation sites is 1. The van der Waals surface area contributed by atoms with Crippen LogP contribution < -0.4 is 5.32 Å². The minimum absolute atomic E-state index is 0.643. The summed E-state index contributed by atoms with van der Waals surface area (Å²) in [5.74, 6) is 0. The maximum Gasteiger partial charge on any atom is 0.173 e. The minimum atomic E-state index is 0.643. The predicted molar refractivity (Wildman–Crippen MR) is 103 cm³/mol. The molecule has 0 spiro atoms. The lowest BCUT2D eigenvalue weighted by Crippen LogP contribution is -2.30. The van der Waals surface area contributed by atoms with Gasteiger partial charge in [-0.15, -0.1) is 11.3 Å². The molecule has 0 unspecified atom stereocenters. The zero-order valence-corrected chi connectivity index (χ0v) is 15.2. The summed E-state index contributed by atoms with van der Waals surface area (Å²) in [5, 5.41) is 5.63. The lowest BCUT2D eigenvalue weighted by Gasteiger charge is -2.20. The van der Waals surface area contributed by atoms with Crippen LogP contribution in [-0.4, -0.2) is 22.0 Å². The molecular formula is C17H16ClN3S2. The van der Waals surface area contributed by atoms with Crippen molar-refractivity contribution >= 4 is 56.2 Å². The average molecular weight is 362 g/mol. The van der Waals surface area contributed by atoms with E-state index in [9.17, 15) is 0 Å². The van der Waals surface area contributed by atoms with Crippen molar-refractivity contribution in [3.8, 4) is 0 Å². The van der Waals surface area contributed by atoms with Gasteiger partial charge in [-0.25, -0.2) is 4.98 Å². The standard InChI is InChI=1S/C17H16ClN3S2/c1-11-7-8-12(9-13(11)18)19-17(22)21(2)10-16-20-14-5-3-4-6-15(14)23-16/h3-9H,10H2,1-2H3,(H,19,22). The van der Waals surface area contributed by atoms with Crippen LogP contribution in [0.2, 0.25) is 5.02 Å². The van der Waals surface area contributed by atoms with Crippen molar-refractivity contribution in [3.63, 3.8) is 0 Å². The Morgan fingerprint density at radius 2 is 2.09 bits per heavy atom. The van der Waals surface area contributed by atoms with Gasteiger partial charge >= 0.3 is 0 Å². The summed E-state index contributed by atoms with van der Waals surface area (Å²) in [6, 6.07) is 14.0. The van der Waals surface area contributed by atoms with Gasteiger partial charge in [-0.05, 0) is 49.0 Å². The Hall–Kier alpha value is -1.69. The highest BCUT2D eigenvalue weighted by atomic mass is 35.5. The van der Waals surface area contributed by atoms with Crippen LogP contribution in [0, 0.1) is 6.92 Å². The molecule has 3 rings (SSSR count). The molecule has 0 fully saturated rings. The number of rotatable bonds is 3. The first kappa shape index (κ1) is 16.2. The van der Waals surface area contributed by atoms with Crippen LogP contribution in [0.4, 0.5) is 5.69 Å². The number of thiazole rings is 1. The quantitative estimate of drug-likeness (QED) is 0.658. The highest BCUT2D eigenvalue weighted by Gasteiger charge is 2.10. The second kappa shape index (κ2) is 6.83. The summed E-state index contributed by atoms with van der Waals surface area (Å²) in [5.41, 5.74) is 2.97. The van der Waals surface area contributed by atoms with Gasteiger partial charge in [-0.3, -0.25) is 0 Å². The van der Waals surface area contributed by atoms with Crippen LogP contribution >= 0.6 is 35.2 Å². The Balaban J connectivity index is 1.68. The molecule has 1 heterocycles. The second-order valence-corrected chi connectivity index (χ2v) is 7.23. The van der Waals surface area contributed by atoms with Crippen molar-refractivity contribution in [2.45, 2.75) is 13.5 Å². The van der Waals surface area contributed by atoms with Crippen molar-refractivity contribution in [1.82, 2.24) is 9.88 Å². The van der Waals surface area contributed by atoms with Gasteiger partial charge in [0, 0.05) is 17.8 Å². The number of hydrogen-bond donors (Lipinski definition) is 1. The highest BCUT2D eigenvalue weighted by Crippen LogP contribution is 2.23.